The normalized spacial score (nSPS) is 26.2. The summed E-state index contributed by atoms with van der Waals surface area (Å²) in [6.45, 7) is 18.5. The Bertz CT molecular complexity index is 1270. The molecule has 1 aliphatic carbocycles. The average molecular weight is 674 g/mol. The summed E-state index contributed by atoms with van der Waals surface area (Å²) in [5, 5.41) is 6.83. The fourth-order valence-electron chi connectivity index (χ4n) is 9.08. The van der Waals surface area contributed by atoms with Crippen LogP contribution in [0.4, 0.5) is 0 Å². The van der Waals surface area contributed by atoms with Crippen LogP contribution >= 0.6 is 0 Å². The predicted octanol–water partition coefficient (Wildman–Crippen LogP) is 8.64. The van der Waals surface area contributed by atoms with E-state index in [1.807, 2.05) is 0 Å². The van der Waals surface area contributed by atoms with Crippen LogP contribution in [-0.2, 0) is 18.5 Å². The molecule has 0 radical (unpaired) electrons. The van der Waals surface area contributed by atoms with Gasteiger partial charge in [0.1, 0.15) is 5.78 Å². The quantitative estimate of drug-likeness (QED) is 0.161. The molecule has 7 heteroatoms. The van der Waals surface area contributed by atoms with Crippen LogP contribution in [-0.4, -0.2) is 50.6 Å². The van der Waals surface area contributed by atoms with Crippen LogP contribution in [0.25, 0.3) is 0 Å². The number of benzene rings is 2. The summed E-state index contributed by atoms with van der Waals surface area (Å²) in [5.41, 5.74) is -0.872. The smallest absolute Gasteiger partial charge is 0.406 e. The van der Waals surface area contributed by atoms with Gasteiger partial charge >= 0.3 is 7.12 Å². The Kier molecular flexibility index (Phi) is 11.9. The van der Waals surface area contributed by atoms with Gasteiger partial charge in [0.05, 0.1) is 17.8 Å². The molecule has 1 N–H and O–H groups in total. The average Bonchev–Trinajstić information content (AvgIpc) is 3.54. The highest BCUT2D eigenvalue weighted by molar-refractivity contribution is 6.99. The van der Waals surface area contributed by atoms with E-state index in [1.165, 1.54) is 36.1 Å². The van der Waals surface area contributed by atoms with E-state index in [0.29, 0.717) is 31.1 Å². The number of hydrogen-bond donors (Lipinski definition) is 1. The van der Waals surface area contributed by atoms with Crippen molar-refractivity contribution in [3.05, 3.63) is 60.7 Å². The first kappa shape index (κ1) is 37.5. The van der Waals surface area contributed by atoms with E-state index in [-0.39, 0.29) is 29.6 Å². The molecule has 1 spiro atoms. The van der Waals surface area contributed by atoms with E-state index in [9.17, 15) is 4.79 Å². The van der Waals surface area contributed by atoms with Crippen molar-refractivity contribution in [3.8, 4) is 0 Å². The summed E-state index contributed by atoms with van der Waals surface area (Å²) >= 11 is 0. The van der Waals surface area contributed by atoms with Crippen LogP contribution in [0.5, 0.6) is 0 Å². The molecule has 3 aliphatic rings. The van der Waals surface area contributed by atoms with Crippen molar-refractivity contribution in [2.75, 3.05) is 6.61 Å². The maximum Gasteiger partial charge on any atom is 0.461 e. The van der Waals surface area contributed by atoms with Gasteiger partial charge in [-0.15, -0.1) is 0 Å². The van der Waals surface area contributed by atoms with Crippen LogP contribution in [0.3, 0.4) is 0 Å². The highest BCUT2D eigenvalue weighted by atomic mass is 28.4. The highest BCUT2D eigenvalue weighted by Gasteiger charge is 2.59. The van der Waals surface area contributed by atoms with Gasteiger partial charge in [-0.25, -0.2) is 0 Å². The first-order chi connectivity index (χ1) is 22.7. The van der Waals surface area contributed by atoms with Gasteiger partial charge in [-0.05, 0) is 81.1 Å². The standard InChI is InChI=1S/C41H64BNO4Si/c1-9-10-11-14-21-33(44)30-37(42-46-39(5,6)40(7,8)47-42)36-26-19-20-28-41(36)29-27-32(43-41)31-45-48(38(2,3)4,34-22-15-12-16-23-34)35-24-17-13-18-25-35/h12-13,15-18,22-25,32,36-37,43H,9-11,14,19-21,26-31H2,1-8H3/t32?,36-,37-,41+/m0/s1. The molecule has 264 valence electrons. The Hall–Kier alpha value is -1.77. The first-order valence-electron chi connectivity index (χ1n) is 19.1. The van der Waals surface area contributed by atoms with Crippen molar-refractivity contribution >= 4 is 31.6 Å². The minimum atomic E-state index is -2.64. The lowest BCUT2D eigenvalue weighted by molar-refractivity contribution is -0.119. The summed E-state index contributed by atoms with van der Waals surface area (Å²) < 4.78 is 21.0. The van der Waals surface area contributed by atoms with Gasteiger partial charge in [0, 0.05) is 30.2 Å². The second kappa shape index (κ2) is 15.2. The van der Waals surface area contributed by atoms with Crippen LogP contribution in [0.15, 0.2) is 60.7 Å². The molecule has 2 aliphatic heterocycles. The fourth-order valence-corrected chi connectivity index (χ4v) is 13.7. The number of Topliss-reactive ketones (excluding diaryl/α,β-unsaturated/α-hetero) is 1. The molecule has 0 bridgehead atoms. The molecule has 3 fully saturated rings. The predicted molar refractivity (Wildman–Crippen MR) is 203 cm³/mol. The summed E-state index contributed by atoms with van der Waals surface area (Å²) in [6, 6.07) is 22.2. The van der Waals surface area contributed by atoms with Gasteiger partial charge in [0.2, 0.25) is 0 Å². The van der Waals surface area contributed by atoms with Crippen molar-refractivity contribution in [3.63, 3.8) is 0 Å². The van der Waals surface area contributed by atoms with Gasteiger partial charge in [0.25, 0.3) is 8.32 Å². The van der Waals surface area contributed by atoms with E-state index in [1.54, 1.807) is 0 Å². The molecule has 1 saturated carbocycles. The van der Waals surface area contributed by atoms with Crippen molar-refractivity contribution < 1.29 is 18.5 Å². The molecule has 0 amide bonds. The highest BCUT2D eigenvalue weighted by Crippen LogP contribution is 2.52. The minimum absolute atomic E-state index is 0.0333. The second-order valence-corrected chi connectivity index (χ2v) is 21.5. The topological polar surface area (TPSA) is 56.8 Å². The number of nitrogens with one attached hydrogen (secondary N) is 1. The molecule has 2 aromatic rings. The van der Waals surface area contributed by atoms with Crippen molar-refractivity contribution in [2.24, 2.45) is 5.92 Å². The molecule has 4 atom stereocenters. The second-order valence-electron chi connectivity index (χ2n) is 17.2. The largest absolute Gasteiger partial charge is 0.461 e. The third-order valence-electron chi connectivity index (χ3n) is 12.4. The molecule has 5 rings (SSSR count). The number of rotatable bonds is 14. The zero-order chi connectivity index (χ0) is 34.6. The van der Waals surface area contributed by atoms with Crippen molar-refractivity contribution in [1.29, 1.82) is 0 Å². The first-order valence-corrected chi connectivity index (χ1v) is 21.1. The lowest BCUT2D eigenvalue weighted by atomic mass is 9.54. The van der Waals surface area contributed by atoms with E-state index in [0.717, 1.165) is 38.5 Å². The number of carbonyl (C=O) groups is 1. The Morgan fingerprint density at radius 2 is 1.50 bits per heavy atom. The number of carbonyl (C=O) groups excluding carboxylic acids is 1. The molecule has 2 heterocycles. The Morgan fingerprint density at radius 1 is 0.896 bits per heavy atom. The number of ketones is 1. The van der Waals surface area contributed by atoms with Crippen LogP contribution in [0, 0.1) is 5.92 Å². The molecular weight excluding hydrogens is 609 g/mol. The summed E-state index contributed by atoms with van der Waals surface area (Å²) in [7, 11) is -3.01. The van der Waals surface area contributed by atoms with E-state index in [2.05, 4.69) is 121 Å². The van der Waals surface area contributed by atoms with Gasteiger partial charge in [-0.2, -0.15) is 0 Å². The molecule has 0 aromatic heterocycles. The third kappa shape index (κ3) is 7.76. The Labute approximate surface area is 294 Å². The number of hydrogen-bond acceptors (Lipinski definition) is 5. The molecular formula is C41H64BNO4Si. The summed E-state index contributed by atoms with van der Waals surface area (Å²) in [5.74, 6) is 0.725. The van der Waals surface area contributed by atoms with Crippen molar-refractivity contribution in [1.82, 2.24) is 5.32 Å². The van der Waals surface area contributed by atoms with Gasteiger partial charge in [-0.3, -0.25) is 4.79 Å². The van der Waals surface area contributed by atoms with Crippen LogP contribution in [0.1, 0.15) is 132 Å². The lowest BCUT2D eigenvalue weighted by Crippen LogP contribution is -2.67. The van der Waals surface area contributed by atoms with E-state index < -0.39 is 19.5 Å². The molecule has 2 aromatic carbocycles. The van der Waals surface area contributed by atoms with Crippen LogP contribution < -0.4 is 15.7 Å². The summed E-state index contributed by atoms with van der Waals surface area (Å²) in [4.78, 5) is 13.6. The van der Waals surface area contributed by atoms with Crippen molar-refractivity contribution in [2.45, 2.75) is 166 Å². The Balaban J connectivity index is 1.40. The maximum atomic E-state index is 13.6. The van der Waals surface area contributed by atoms with Crippen LogP contribution in [0.2, 0.25) is 10.9 Å². The van der Waals surface area contributed by atoms with Gasteiger partial charge in [-0.1, -0.05) is 120 Å². The fraction of sp³-hybridized carbons (Fsp3) is 0.683. The van der Waals surface area contributed by atoms with E-state index >= 15 is 0 Å². The van der Waals surface area contributed by atoms with E-state index in [4.69, 9.17) is 13.7 Å². The zero-order valence-electron chi connectivity index (χ0n) is 31.4. The van der Waals surface area contributed by atoms with Gasteiger partial charge in [0.15, 0.2) is 0 Å². The zero-order valence-corrected chi connectivity index (χ0v) is 32.4. The number of unbranched alkanes of at least 4 members (excludes halogenated alkanes) is 3. The Morgan fingerprint density at radius 3 is 2.06 bits per heavy atom. The molecule has 1 unspecified atom stereocenters. The summed E-state index contributed by atoms with van der Waals surface area (Å²) in [6.07, 6.45) is 12.5. The lowest BCUT2D eigenvalue weighted by Gasteiger charge is -2.47. The molecule has 48 heavy (non-hydrogen) atoms. The molecule has 2 saturated heterocycles. The SMILES string of the molecule is CCCCCCC(=O)C[C@H](B1OC(C)(C)C(C)(C)O1)[C@@H]1CCCC[C@@]12CCC(CO[Si](c1ccccc1)(c1ccccc1)C(C)(C)C)N2. The third-order valence-corrected chi connectivity index (χ3v) is 17.4. The minimum Gasteiger partial charge on any atom is -0.406 e. The maximum absolute atomic E-state index is 13.6. The monoisotopic (exact) mass is 673 g/mol. The molecule has 5 nitrogen and oxygen atoms in total. The van der Waals surface area contributed by atoms with Gasteiger partial charge < -0.3 is 19.1 Å².